The number of esters is 1. The van der Waals surface area contributed by atoms with Crippen LogP contribution in [0.1, 0.15) is 35.4 Å². The Morgan fingerprint density at radius 3 is 2.71 bits per heavy atom. The molecule has 8 nitrogen and oxygen atoms in total. The van der Waals surface area contributed by atoms with E-state index in [0.717, 1.165) is 24.1 Å². The standard InChI is InChI=1S/C25H31FN4O4S/c1-2-34-23(32)16-27-25(33)29-10-4-9-28(12-13-29)22(31)17-30-11-7-21-20(8-14-35-21)24(30)18-5-3-6-19(26)15-18/h3,5-6,8,14-15,24H,2,4,7,9-13,16-17H2,1H3,(H,27,33). The van der Waals surface area contributed by atoms with Crippen LogP contribution in [-0.4, -0.2) is 85.0 Å². The Hall–Kier alpha value is -2.98. The topological polar surface area (TPSA) is 82.2 Å². The van der Waals surface area contributed by atoms with E-state index in [0.29, 0.717) is 32.6 Å². The lowest BCUT2D eigenvalue weighted by Gasteiger charge is -2.37. The van der Waals surface area contributed by atoms with Crippen molar-refractivity contribution in [1.29, 1.82) is 0 Å². The van der Waals surface area contributed by atoms with E-state index in [1.165, 1.54) is 10.9 Å². The Balaban J connectivity index is 1.38. The van der Waals surface area contributed by atoms with Gasteiger partial charge in [0.2, 0.25) is 5.91 Å². The first-order valence-electron chi connectivity index (χ1n) is 12.0. The first-order chi connectivity index (χ1) is 17.0. The van der Waals surface area contributed by atoms with E-state index in [1.54, 1.807) is 40.2 Å². The molecule has 3 amide bonds. The van der Waals surface area contributed by atoms with Crippen molar-refractivity contribution in [2.45, 2.75) is 25.8 Å². The number of rotatable bonds is 6. The predicted molar refractivity (Wildman–Crippen MR) is 131 cm³/mol. The van der Waals surface area contributed by atoms with Gasteiger partial charge in [0.05, 0.1) is 19.2 Å². The minimum Gasteiger partial charge on any atom is -0.465 e. The van der Waals surface area contributed by atoms with Crippen LogP contribution >= 0.6 is 11.3 Å². The number of nitrogens with one attached hydrogen (secondary N) is 1. The summed E-state index contributed by atoms with van der Waals surface area (Å²) in [4.78, 5) is 44.1. The van der Waals surface area contributed by atoms with Gasteiger partial charge < -0.3 is 19.9 Å². The number of thiophene rings is 1. The van der Waals surface area contributed by atoms with Gasteiger partial charge in [-0.25, -0.2) is 9.18 Å². The summed E-state index contributed by atoms with van der Waals surface area (Å²) in [5, 5.41) is 4.64. The van der Waals surface area contributed by atoms with Crippen molar-refractivity contribution in [3.63, 3.8) is 0 Å². The smallest absolute Gasteiger partial charge is 0.325 e. The van der Waals surface area contributed by atoms with Gasteiger partial charge >= 0.3 is 12.0 Å². The lowest BCUT2D eigenvalue weighted by atomic mass is 9.93. The third-order valence-electron chi connectivity index (χ3n) is 6.39. The highest BCUT2D eigenvalue weighted by Crippen LogP contribution is 2.37. The van der Waals surface area contributed by atoms with Crippen LogP contribution in [0.2, 0.25) is 0 Å². The van der Waals surface area contributed by atoms with Gasteiger partial charge in [0.15, 0.2) is 0 Å². The van der Waals surface area contributed by atoms with Crippen molar-refractivity contribution in [1.82, 2.24) is 20.0 Å². The van der Waals surface area contributed by atoms with Gasteiger partial charge in [-0.05, 0) is 54.5 Å². The zero-order chi connectivity index (χ0) is 24.8. The lowest BCUT2D eigenvalue weighted by molar-refractivity contribution is -0.141. The molecule has 1 saturated heterocycles. The molecule has 1 fully saturated rings. The highest BCUT2D eigenvalue weighted by Gasteiger charge is 2.32. The minimum absolute atomic E-state index is 0.00105. The van der Waals surface area contributed by atoms with E-state index in [2.05, 4.69) is 21.7 Å². The van der Waals surface area contributed by atoms with Crippen molar-refractivity contribution in [2.24, 2.45) is 0 Å². The molecule has 1 unspecified atom stereocenters. The number of amides is 3. The summed E-state index contributed by atoms with van der Waals surface area (Å²) < 4.78 is 18.9. The number of benzene rings is 1. The van der Waals surface area contributed by atoms with Crippen LogP contribution in [0.15, 0.2) is 35.7 Å². The van der Waals surface area contributed by atoms with Crippen LogP contribution in [-0.2, 0) is 20.7 Å². The number of ether oxygens (including phenoxy) is 1. The fourth-order valence-electron chi connectivity index (χ4n) is 4.72. The van der Waals surface area contributed by atoms with Gasteiger partial charge in [0.25, 0.3) is 0 Å². The molecule has 0 aliphatic carbocycles. The highest BCUT2D eigenvalue weighted by molar-refractivity contribution is 7.10. The second-order valence-electron chi connectivity index (χ2n) is 8.66. The van der Waals surface area contributed by atoms with Crippen molar-refractivity contribution in [2.75, 3.05) is 52.4 Å². The Kier molecular flexibility index (Phi) is 8.35. The van der Waals surface area contributed by atoms with E-state index in [1.807, 2.05) is 6.07 Å². The molecule has 2 aliphatic rings. The molecule has 0 radical (unpaired) electrons. The molecule has 1 aromatic carbocycles. The van der Waals surface area contributed by atoms with Gasteiger partial charge in [-0.2, -0.15) is 0 Å². The van der Waals surface area contributed by atoms with Crippen molar-refractivity contribution in [3.8, 4) is 0 Å². The number of urea groups is 1. The second-order valence-corrected chi connectivity index (χ2v) is 9.66. The average molecular weight is 503 g/mol. The Morgan fingerprint density at radius 2 is 1.91 bits per heavy atom. The predicted octanol–water partition coefficient (Wildman–Crippen LogP) is 2.64. The highest BCUT2D eigenvalue weighted by atomic mass is 32.1. The van der Waals surface area contributed by atoms with Crippen LogP contribution in [0.5, 0.6) is 0 Å². The quantitative estimate of drug-likeness (QED) is 0.615. The van der Waals surface area contributed by atoms with E-state index >= 15 is 0 Å². The van der Waals surface area contributed by atoms with Crippen LogP contribution in [0.4, 0.5) is 9.18 Å². The van der Waals surface area contributed by atoms with Crippen LogP contribution in [0, 0.1) is 5.82 Å². The molecule has 1 N–H and O–H groups in total. The van der Waals surface area contributed by atoms with Crippen molar-refractivity contribution in [3.05, 3.63) is 57.5 Å². The Labute approximate surface area is 208 Å². The SMILES string of the molecule is CCOC(=O)CNC(=O)N1CCCN(C(=O)CN2CCc3sccc3C2c2cccc(F)c2)CC1. The van der Waals surface area contributed by atoms with Crippen LogP contribution in [0.25, 0.3) is 0 Å². The van der Waals surface area contributed by atoms with Crippen molar-refractivity contribution < 1.29 is 23.5 Å². The fraction of sp³-hybridized carbons (Fsp3) is 0.480. The Morgan fingerprint density at radius 1 is 1.11 bits per heavy atom. The van der Waals surface area contributed by atoms with Gasteiger partial charge in [-0.1, -0.05) is 12.1 Å². The molecule has 2 aliphatic heterocycles. The largest absolute Gasteiger partial charge is 0.465 e. The molecule has 3 heterocycles. The fourth-order valence-corrected chi connectivity index (χ4v) is 5.62. The lowest BCUT2D eigenvalue weighted by Crippen LogP contribution is -2.46. The maximum absolute atomic E-state index is 14.0. The molecule has 2 aromatic rings. The van der Waals surface area contributed by atoms with Gasteiger partial charge in [-0.3, -0.25) is 14.5 Å². The molecule has 0 spiro atoms. The van der Waals surface area contributed by atoms with E-state index in [-0.39, 0.29) is 43.5 Å². The van der Waals surface area contributed by atoms with E-state index in [4.69, 9.17) is 4.74 Å². The zero-order valence-corrected chi connectivity index (χ0v) is 20.7. The summed E-state index contributed by atoms with van der Waals surface area (Å²) in [5.41, 5.74) is 1.98. The van der Waals surface area contributed by atoms with Gasteiger partial charge in [0, 0.05) is 37.6 Å². The van der Waals surface area contributed by atoms with Gasteiger partial charge in [-0.15, -0.1) is 11.3 Å². The molecule has 4 rings (SSSR count). The van der Waals surface area contributed by atoms with E-state index in [9.17, 15) is 18.8 Å². The summed E-state index contributed by atoms with van der Waals surface area (Å²) in [7, 11) is 0. The number of hydrogen-bond donors (Lipinski definition) is 1. The van der Waals surface area contributed by atoms with Crippen LogP contribution < -0.4 is 5.32 Å². The number of carbonyl (C=O) groups excluding carboxylic acids is 3. The number of hydrogen-bond acceptors (Lipinski definition) is 6. The summed E-state index contributed by atoms with van der Waals surface area (Å²) >= 11 is 1.70. The molecule has 0 saturated carbocycles. The monoisotopic (exact) mass is 502 g/mol. The third-order valence-corrected chi connectivity index (χ3v) is 7.39. The second kappa shape index (κ2) is 11.6. The summed E-state index contributed by atoms with van der Waals surface area (Å²) in [6.07, 6.45) is 1.51. The maximum atomic E-state index is 14.0. The molecular formula is C25H31FN4O4S. The number of carbonyl (C=O) groups is 3. The summed E-state index contributed by atoms with van der Waals surface area (Å²) in [6.45, 7) is 4.63. The minimum atomic E-state index is -0.476. The molecule has 0 bridgehead atoms. The first kappa shape index (κ1) is 25.1. The average Bonchev–Trinajstić information content (AvgIpc) is 3.17. The van der Waals surface area contributed by atoms with Crippen molar-refractivity contribution >= 4 is 29.2 Å². The number of nitrogens with zero attached hydrogens (tertiary/aromatic N) is 3. The van der Waals surface area contributed by atoms with E-state index < -0.39 is 5.97 Å². The third kappa shape index (κ3) is 6.18. The maximum Gasteiger partial charge on any atom is 0.325 e. The Bertz CT molecular complexity index is 1060. The molecule has 35 heavy (non-hydrogen) atoms. The molecule has 1 atom stereocenters. The number of halogens is 1. The first-order valence-corrected chi connectivity index (χ1v) is 12.9. The van der Waals surface area contributed by atoms with Crippen LogP contribution in [0.3, 0.4) is 0 Å². The summed E-state index contributed by atoms with van der Waals surface area (Å²) in [6, 6.07) is 8.18. The summed E-state index contributed by atoms with van der Waals surface area (Å²) in [5.74, 6) is -0.764. The number of fused-ring (bicyclic) bond motifs is 1. The molecule has 188 valence electrons. The molecular weight excluding hydrogens is 471 g/mol. The zero-order valence-electron chi connectivity index (χ0n) is 19.9. The molecule has 10 heteroatoms. The normalized spacial score (nSPS) is 18.5. The van der Waals surface area contributed by atoms with Gasteiger partial charge in [0.1, 0.15) is 12.4 Å². The molecule has 1 aromatic heterocycles.